The number of hydrogen-bond acceptors (Lipinski definition) is 5. The van der Waals surface area contributed by atoms with Gasteiger partial charge in [-0.25, -0.2) is 0 Å². The van der Waals surface area contributed by atoms with E-state index in [1.165, 1.54) is 0 Å². The van der Waals surface area contributed by atoms with Gasteiger partial charge in [0.2, 0.25) is 0 Å². The summed E-state index contributed by atoms with van der Waals surface area (Å²) in [7, 11) is 1.93. The van der Waals surface area contributed by atoms with Gasteiger partial charge in [0.05, 0.1) is 19.6 Å². The standard InChI is InChI=1S/C13H28N2O4/c1-14-6-7-15-8-12-19-10-4-2-3-9-18-11-5-13(16)17/h14-15H,2-12H2,1H3,(H,16,17). The number of carboxylic acid groups (broad SMARTS) is 1. The Kier molecular flexibility index (Phi) is 14.8. The van der Waals surface area contributed by atoms with E-state index in [1.54, 1.807) is 0 Å². The predicted octanol–water partition coefficient (Wildman–Crippen LogP) is 0.474. The normalized spacial score (nSPS) is 10.8. The molecule has 0 aromatic heterocycles. The Hall–Kier alpha value is -0.690. The molecule has 0 rings (SSSR count). The van der Waals surface area contributed by atoms with Crippen LogP contribution < -0.4 is 10.6 Å². The smallest absolute Gasteiger partial charge is 0.305 e. The number of carboxylic acids is 1. The summed E-state index contributed by atoms with van der Waals surface area (Å²) in [5.74, 6) is -0.809. The Labute approximate surface area is 115 Å². The average molecular weight is 276 g/mol. The number of hydrogen-bond donors (Lipinski definition) is 3. The van der Waals surface area contributed by atoms with Crippen LogP contribution in [0.4, 0.5) is 0 Å². The molecule has 0 aliphatic rings. The summed E-state index contributed by atoms with van der Waals surface area (Å²) in [6.07, 6.45) is 3.13. The molecule has 0 fully saturated rings. The molecule has 6 heteroatoms. The molecule has 6 nitrogen and oxygen atoms in total. The summed E-state index contributed by atoms with van der Waals surface area (Å²) in [4.78, 5) is 10.2. The van der Waals surface area contributed by atoms with E-state index in [-0.39, 0.29) is 6.42 Å². The summed E-state index contributed by atoms with van der Waals surface area (Å²) < 4.78 is 10.7. The van der Waals surface area contributed by atoms with E-state index in [2.05, 4.69) is 10.6 Å². The van der Waals surface area contributed by atoms with Crippen LogP contribution in [0.5, 0.6) is 0 Å². The van der Waals surface area contributed by atoms with E-state index < -0.39 is 5.97 Å². The summed E-state index contributed by atoms with van der Waals surface area (Å²) in [6, 6.07) is 0. The Morgan fingerprint density at radius 3 is 2.26 bits per heavy atom. The first-order valence-corrected chi connectivity index (χ1v) is 7.00. The van der Waals surface area contributed by atoms with Gasteiger partial charge in [0, 0.05) is 32.8 Å². The minimum atomic E-state index is -0.809. The Morgan fingerprint density at radius 2 is 1.63 bits per heavy atom. The van der Waals surface area contributed by atoms with Crippen molar-refractivity contribution in [2.45, 2.75) is 25.7 Å². The van der Waals surface area contributed by atoms with Crippen LogP contribution in [0.2, 0.25) is 0 Å². The molecule has 0 saturated carbocycles. The van der Waals surface area contributed by atoms with Crippen LogP contribution in [0.3, 0.4) is 0 Å². The number of likely N-dealkylation sites (N-methyl/N-ethyl adjacent to an activating group) is 1. The average Bonchev–Trinajstić information content (AvgIpc) is 2.39. The van der Waals surface area contributed by atoms with Crippen LogP contribution >= 0.6 is 0 Å². The zero-order chi connectivity index (χ0) is 14.2. The first-order chi connectivity index (χ1) is 9.27. The molecule has 0 atom stereocenters. The number of unbranched alkanes of at least 4 members (excludes halogenated alkanes) is 2. The molecule has 19 heavy (non-hydrogen) atoms. The molecule has 0 aliphatic heterocycles. The van der Waals surface area contributed by atoms with Crippen molar-refractivity contribution in [1.82, 2.24) is 10.6 Å². The minimum absolute atomic E-state index is 0.0870. The third-order valence-electron chi connectivity index (χ3n) is 2.51. The molecule has 114 valence electrons. The van der Waals surface area contributed by atoms with Crippen molar-refractivity contribution < 1.29 is 19.4 Å². The molecule has 0 saturated heterocycles. The SMILES string of the molecule is CNCCNCCOCCCCCOCCC(=O)O. The maximum atomic E-state index is 10.2. The van der Waals surface area contributed by atoms with Crippen molar-refractivity contribution >= 4 is 5.97 Å². The van der Waals surface area contributed by atoms with Crippen LogP contribution in [0.15, 0.2) is 0 Å². The molecule has 0 amide bonds. The highest BCUT2D eigenvalue weighted by atomic mass is 16.5. The zero-order valence-electron chi connectivity index (χ0n) is 12.0. The molecule has 0 radical (unpaired) electrons. The topological polar surface area (TPSA) is 79.8 Å². The monoisotopic (exact) mass is 276 g/mol. The molecular weight excluding hydrogens is 248 g/mol. The van der Waals surface area contributed by atoms with Crippen LogP contribution in [0.1, 0.15) is 25.7 Å². The van der Waals surface area contributed by atoms with E-state index in [9.17, 15) is 4.79 Å². The fourth-order valence-electron chi connectivity index (χ4n) is 1.43. The van der Waals surface area contributed by atoms with Gasteiger partial charge in [0.25, 0.3) is 0 Å². The second kappa shape index (κ2) is 15.4. The second-order valence-electron chi connectivity index (χ2n) is 4.28. The van der Waals surface area contributed by atoms with E-state index in [0.717, 1.165) is 52.1 Å². The quantitative estimate of drug-likeness (QED) is 0.377. The van der Waals surface area contributed by atoms with Gasteiger partial charge in [0.1, 0.15) is 0 Å². The van der Waals surface area contributed by atoms with Crippen molar-refractivity contribution in [2.24, 2.45) is 0 Å². The molecule has 0 aromatic rings. The van der Waals surface area contributed by atoms with Crippen LogP contribution in [0, 0.1) is 0 Å². The third kappa shape index (κ3) is 17.3. The lowest BCUT2D eigenvalue weighted by Gasteiger charge is -2.06. The lowest BCUT2D eigenvalue weighted by atomic mass is 10.2. The fourth-order valence-corrected chi connectivity index (χ4v) is 1.43. The lowest BCUT2D eigenvalue weighted by Crippen LogP contribution is -2.27. The summed E-state index contributed by atoms with van der Waals surface area (Å²) in [5.41, 5.74) is 0. The highest BCUT2D eigenvalue weighted by Gasteiger charge is 1.96. The van der Waals surface area contributed by atoms with Gasteiger partial charge < -0.3 is 25.2 Å². The van der Waals surface area contributed by atoms with Crippen LogP contribution in [-0.4, -0.2) is 64.2 Å². The first-order valence-electron chi connectivity index (χ1n) is 7.00. The summed E-state index contributed by atoms with van der Waals surface area (Å²) in [5, 5.41) is 14.7. The van der Waals surface area contributed by atoms with Crippen molar-refractivity contribution in [3.8, 4) is 0 Å². The van der Waals surface area contributed by atoms with Crippen molar-refractivity contribution in [2.75, 3.05) is 53.1 Å². The Morgan fingerprint density at radius 1 is 0.947 bits per heavy atom. The molecular formula is C13H28N2O4. The van der Waals surface area contributed by atoms with Gasteiger partial charge >= 0.3 is 5.97 Å². The highest BCUT2D eigenvalue weighted by Crippen LogP contribution is 1.97. The number of nitrogens with one attached hydrogen (secondary N) is 2. The van der Waals surface area contributed by atoms with E-state index in [4.69, 9.17) is 14.6 Å². The molecule has 3 N–H and O–H groups in total. The maximum Gasteiger partial charge on any atom is 0.305 e. The molecule has 0 unspecified atom stereocenters. The van der Waals surface area contributed by atoms with E-state index >= 15 is 0 Å². The van der Waals surface area contributed by atoms with Gasteiger partial charge in [-0.3, -0.25) is 4.79 Å². The molecule has 0 bridgehead atoms. The number of aliphatic carboxylic acids is 1. The van der Waals surface area contributed by atoms with Gasteiger partial charge in [0.15, 0.2) is 0 Å². The number of ether oxygens (including phenoxy) is 2. The fraction of sp³-hybridized carbons (Fsp3) is 0.923. The van der Waals surface area contributed by atoms with Crippen LogP contribution in [-0.2, 0) is 14.3 Å². The number of carbonyl (C=O) groups is 1. The lowest BCUT2D eigenvalue weighted by molar-refractivity contribution is -0.138. The maximum absolute atomic E-state index is 10.2. The molecule has 0 heterocycles. The Bertz CT molecular complexity index is 203. The van der Waals surface area contributed by atoms with Gasteiger partial charge in [-0.2, -0.15) is 0 Å². The summed E-state index contributed by atoms with van der Waals surface area (Å²) in [6.45, 7) is 5.31. The second-order valence-corrected chi connectivity index (χ2v) is 4.28. The van der Waals surface area contributed by atoms with Crippen LogP contribution in [0.25, 0.3) is 0 Å². The predicted molar refractivity (Wildman–Crippen MR) is 74.5 cm³/mol. The van der Waals surface area contributed by atoms with Crippen molar-refractivity contribution in [3.63, 3.8) is 0 Å². The van der Waals surface area contributed by atoms with Gasteiger partial charge in [-0.1, -0.05) is 0 Å². The van der Waals surface area contributed by atoms with E-state index in [0.29, 0.717) is 13.2 Å². The zero-order valence-corrected chi connectivity index (χ0v) is 12.0. The summed E-state index contributed by atoms with van der Waals surface area (Å²) >= 11 is 0. The van der Waals surface area contributed by atoms with Crippen molar-refractivity contribution in [1.29, 1.82) is 0 Å². The minimum Gasteiger partial charge on any atom is -0.481 e. The Balaban J connectivity index is 2.93. The number of rotatable bonds is 15. The largest absolute Gasteiger partial charge is 0.481 e. The first kappa shape index (κ1) is 18.3. The molecule has 0 aliphatic carbocycles. The van der Waals surface area contributed by atoms with Crippen molar-refractivity contribution in [3.05, 3.63) is 0 Å². The highest BCUT2D eigenvalue weighted by molar-refractivity contribution is 5.66. The van der Waals surface area contributed by atoms with Gasteiger partial charge in [-0.15, -0.1) is 0 Å². The molecule has 0 aromatic carbocycles. The molecule has 0 spiro atoms. The van der Waals surface area contributed by atoms with Gasteiger partial charge in [-0.05, 0) is 26.3 Å². The van der Waals surface area contributed by atoms with E-state index in [1.807, 2.05) is 7.05 Å². The third-order valence-corrected chi connectivity index (χ3v) is 2.51.